The molecule has 1 atom stereocenters. The second-order valence-electron chi connectivity index (χ2n) is 5.97. The third-order valence-electron chi connectivity index (χ3n) is 4.20. The van der Waals surface area contributed by atoms with Gasteiger partial charge < -0.3 is 15.2 Å². The molecule has 134 valence electrons. The summed E-state index contributed by atoms with van der Waals surface area (Å²) in [6.45, 7) is 0.341. The first-order chi connectivity index (χ1) is 13.1. The zero-order chi connectivity index (χ0) is 18.8. The summed E-state index contributed by atoms with van der Waals surface area (Å²) < 4.78 is 12.9. The Bertz CT molecular complexity index is 1020. The number of nitrogens with one attached hydrogen (secondary N) is 2. The molecule has 0 radical (unpaired) electrons. The van der Waals surface area contributed by atoms with Crippen LogP contribution in [0.3, 0.4) is 0 Å². The van der Waals surface area contributed by atoms with Crippen molar-refractivity contribution in [2.45, 2.75) is 16.3 Å². The van der Waals surface area contributed by atoms with Gasteiger partial charge in [-0.3, -0.25) is 14.6 Å². The molecule has 0 fully saturated rings. The lowest BCUT2D eigenvalue weighted by molar-refractivity contribution is 0.0949. The van der Waals surface area contributed by atoms with E-state index in [0.717, 1.165) is 5.56 Å². The summed E-state index contributed by atoms with van der Waals surface area (Å²) in [5.41, 5.74) is 2.00. The number of carbonyl (C=O) groups is 2. The molecule has 1 unspecified atom stereocenters. The number of fused-ring (bicyclic) bond motifs is 2. The first-order valence-corrected chi connectivity index (χ1v) is 9.42. The topological polar surface area (TPSA) is 94.2 Å². The van der Waals surface area contributed by atoms with Gasteiger partial charge in [-0.25, -0.2) is 0 Å². The van der Waals surface area contributed by atoms with Crippen molar-refractivity contribution in [3.05, 3.63) is 83.7 Å². The van der Waals surface area contributed by atoms with Gasteiger partial charge in [0.2, 0.25) is 0 Å². The number of rotatable bonds is 3. The number of aromatic nitrogens is 1. The van der Waals surface area contributed by atoms with Crippen LogP contribution in [0.5, 0.6) is 0 Å². The molecule has 0 saturated heterocycles. The molecule has 27 heavy (non-hydrogen) atoms. The number of pyridine rings is 1. The average molecular weight is 377 g/mol. The molecular formula is C20H15N3O3S. The minimum Gasteiger partial charge on any atom is -0.606 e. The zero-order valence-corrected chi connectivity index (χ0v) is 15.0. The normalized spacial score (nSPS) is 15.1. The summed E-state index contributed by atoms with van der Waals surface area (Å²) in [5, 5.41) is 5.57. The second kappa shape index (κ2) is 7.22. The molecule has 2 aromatic carbocycles. The van der Waals surface area contributed by atoms with Gasteiger partial charge in [-0.1, -0.05) is 18.2 Å². The quantitative estimate of drug-likeness (QED) is 0.686. The molecule has 0 spiro atoms. The van der Waals surface area contributed by atoms with E-state index in [9.17, 15) is 14.1 Å². The molecule has 1 aliphatic rings. The van der Waals surface area contributed by atoms with Gasteiger partial charge in [0.1, 0.15) is 0 Å². The van der Waals surface area contributed by atoms with Gasteiger partial charge in [-0.2, -0.15) is 0 Å². The highest BCUT2D eigenvalue weighted by atomic mass is 32.2. The fourth-order valence-corrected chi connectivity index (χ4v) is 4.14. The molecule has 0 saturated carbocycles. The summed E-state index contributed by atoms with van der Waals surface area (Å²) in [6, 6.07) is 15.2. The van der Waals surface area contributed by atoms with Crippen molar-refractivity contribution in [3.63, 3.8) is 0 Å². The predicted octanol–water partition coefficient (Wildman–Crippen LogP) is 2.74. The maximum atomic E-state index is 12.9. The van der Waals surface area contributed by atoms with Crippen LogP contribution in [0.4, 0.5) is 5.69 Å². The van der Waals surface area contributed by atoms with E-state index in [4.69, 9.17) is 0 Å². The minimum atomic E-state index is -1.51. The Labute approximate surface area is 158 Å². The van der Waals surface area contributed by atoms with E-state index >= 15 is 0 Å². The summed E-state index contributed by atoms with van der Waals surface area (Å²) in [7, 11) is 0. The number of nitrogens with zero attached hydrogens (tertiary/aromatic N) is 1. The molecule has 1 aliphatic heterocycles. The van der Waals surface area contributed by atoms with E-state index in [-0.39, 0.29) is 11.8 Å². The van der Waals surface area contributed by atoms with E-state index in [1.54, 1.807) is 60.9 Å². The Morgan fingerprint density at radius 1 is 1.11 bits per heavy atom. The van der Waals surface area contributed by atoms with Crippen LogP contribution in [0.1, 0.15) is 26.3 Å². The van der Waals surface area contributed by atoms with Crippen LogP contribution in [0.25, 0.3) is 0 Å². The number of hydrogen-bond donors (Lipinski definition) is 2. The highest BCUT2D eigenvalue weighted by Crippen LogP contribution is 2.34. The third kappa shape index (κ3) is 3.42. The van der Waals surface area contributed by atoms with Crippen LogP contribution < -0.4 is 10.6 Å². The fraction of sp³-hybridized carbons (Fsp3) is 0.0500. The Balaban J connectivity index is 1.60. The Morgan fingerprint density at radius 2 is 1.96 bits per heavy atom. The van der Waals surface area contributed by atoms with Gasteiger partial charge in [-0.05, 0) is 42.0 Å². The molecule has 7 heteroatoms. The first kappa shape index (κ1) is 17.3. The van der Waals surface area contributed by atoms with Crippen molar-refractivity contribution >= 4 is 28.7 Å². The first-order valence-electron chi connectivity index (χ1n) is 8.27. The Hall–Kier alpha value is -3.16. The van der Waals surface area contributed by atoms with Crippen LogP contribution in [0.2, 0.25) is 0 Å². The van der Waals surface area contributed by atoms with E-state index in [2.05, 4.69) is 15.6 Å². The third-order valence-corrected chi connectivity index (χ3v) is 5.71. The van der Waals surface area contributed by atoms with Crippen molar-refractivity contribution in [3.8, 4) is 0 Å². The highest BCUT2D eigenvalue weighted by Gasteiger charge is 2.30. The smallest absolute Gasteiger partial charge is 0.260 e. The van der Waals surface area contributed by atoms with Crippen molar-refractivity contribution < 1.29 is 14.1 Å². The van der Waals surface area contributed by atoms with Crippen molar-refractivity contribution in [2.75, 3.05) is 5.32 Å². The number of hydrogen-bond acceptors (Lipinski definition) is 4. The highest BCUT2D eigenvalue weighted by molar-refractivity contribution is 7.91. The van der Waals surface area contributed by atoms with Crippen LogP contribution in [0.15, 0.2) is 76.8 Å². The van der Waals surface area contributed by atoms with Gasteiger partial charge in [0.15, 0.2) is 9.79 Å². The lowest BCUT2D eigenvalue weighted by atomic mass is 10.1. The van der Waals surface area contributed by atoms with E-state index in [0.29, 0.717) is 33.2 Å². The number of anilines is 1. The number of amides is 2. The summed E-state index contributed by atoms with van der Waals surface area (Å²) in [4.78, 5) is 29.8. The number of carbonyl (C=O) groups excluding carboxylic acids is 2. The molecule has 0 bridgehead atoms. The van der Waals surface area contributed by atoms with Crippen LogP contribution in [-0.4, -0.2) is 21.4 Å². The van der Waals surface area contributed by atoms with Crippen LogP contribution >= 0.6 is 0 Å². The fourth-order valence-electron chi connectivity index (χ4n) is 2.84. The van der Waals surface area contributed by atoms with Gasteiger partial charge in [-0.15, -0.1) is 0 Å². The summed E-state index contributed by atoms with van der Waals surface area (Å²) >= 11 is -1.51. The summed E-state index contributed by atoms with van der Waals surface area (Å²) in [6.07, 6.45) is 3.34. The maximum Gasteiger partial charge on any atom is 0.260 e. The van der Waals surface area contributed by atoms with E-state index in [1.165, 1.54) is 0 Å². The van der Waals surface area contributed by atoms with Gasteiger partial charge in [0.25, 0.3) is 11.8 Å². The molecule has 6 nitrogen and oxygen atoms in total. The minimum absolute atomic E-state index is 0.288. The van der Waals surface area contributed by atoms with Crippen molar-refractivity contribution in [2.24, 2.45) is 0 Å². The summed E-state index contributed by atoms with van der Waals surface area (Å²) in [5.74, 6) is -0.630. The second-order valence-corrected chi connectivity index (χ2v) is 7.39. The lowest BCUT2D eigenvalue weighted by Crippen LogP contribution is -2.23. The molecule has 1 aromatic heterocycles. The largest absolute Gasteiger partial charge is 0.606 e. The van der Waals surface area contributed by atoms with E-state index in [1.807, 2.05) is 6.07 Å². The Kier molecular flexibility index (Phi) is 4.62. The molecule has 3 aromatic rings. The molecule has 4 rings (SSSR count). The molecular weight excluding hydrogens is 362 g/mol. The molecule has 2 N–H and O–H groups in total. The zero-order valence-electron chi connectivity index (χ0n) is 14.1. The molecule has 2 heterocycles. The van der Waals surface area contributed by atoms with Crippen molar-refractivity contribution in [1.29, 1.82) is 0 Å². The monoisotopic (exact) mass is 377 g/mol. The van der Waals surface area contributed by atoms with Crippen LogP contribution in [0, 0.1) is 0 Å². The van der Waals surface area contributed by atoms with Crippen LogP contribution in [-0.2, 0) is 17.7 Å². The standard InChI is InChI=1S/C20H15N3O3S/c24-19(22-12-13-4-3-9-21-11-13)14-7-8-18-16(10-14)23-20(25)15-5-1-2-6-17(15)27(18)26/h1-11H,12H2,(H,22,24)(H,23,25). The van der Waals surface area contributed by atoms with Crippen molar-refractivity contribution in [1.82, 2.24) is 10.3 Å². The maximum absolute atomic E-state index is 12.9. The van der Waals surface area contributed by atoms with Gasteiger partial charge in [0.05, 0.1) is 11.3 Å². The van der Waals surface area contributed by atoms with E-state index < -0.39 is 11.2 Å². The molecule has 0 aliphatic carbocycles. The van der Waals surface area contributed by atoms with Gasteiger partial charge in [0, 0.05) is 35.7 Å². The Morgan fingerprint density at radius 3 is 2.78 bits per heavy atom. The molecule has 2 amide bonds. The lowest BCUT2D eigenvalue weighted by Gasteiger charge is -2.12. The predicted molar refractivity (Wildman–Crippen MR) is 101 cm³/mol. The SMILES string of the molecule is O=C(NCc1cccnc1)c1ccc2c(c1)NC(=O)c1ccccc1[S+]2[O-]. The average Bonchev–Trinajstić information content (AvgIpc) is 2.82. The van der Waals surface area contributed by atoms with Gasteiger partial charge >= 0.3 is 0 Å². The number of benzene rings is 2.